The molecule has 0 aliphatic heterocycles. The highest BCUT2D eigenvalue weighted by Crippen LogP contribution is 2.21. The number of hydrogen-bond acceptors (Lipinski definition) is 3. The molecule has 0 bridgehead atoms. The van der Waals surface area contributed by atoms with Crippen LogP contribution in [-0.4, -0.2) is 30.4 Å². The molecular weight excluding hydrogens is 336 g/mol. The van der Waals surface area contributed by atoms with Crippen molar-refractivity contribution in [3.63, 3.8) is 0 Å². The Morgan fingerprint density at radius 2 is 1.67 bits per heavy atom. The molecule has 2 aromatic carbocycles. The van der Waals surface area contributed by atoms with Gasteiger partial charge in [-0.15, -0.1) is 0 Å². The van der Waals surface area contributed by atoms with Gasteiger partial charge >= 0.3 is 0 Å². The predicted octanol–water partition coefficient (Wildman–Crippen LogP) is 4.86. The standard InChI is InChI=1S/C23H30N2O2/c1-25(21-11-7-2-3-8-12-21)17-23(26)24-20-13-15-22(16-14-20)27-18-19-9-5-4-6-10-19/h4-6,9-10,13-16,21H,2-3,7-8,11-12,17-18H2,1H3,(H,24,26). The van der Waals surface area contributed by atoms with E-state index in [9.17, 15) is 4.79 Å². The highest BCUT2D eigenvalue weighted by atomic mass is 16.5. The van der Waals surface area contributed by atoms with E-state index in [1.54, 1.807) is 0 Å². The zero-order chi connectivity index (χ0) is 18.9. The van der Waals surface area contributed by atoms with Crippen LogP contribution in [0.2, 0.25) is 0 Å². The van der Waals surface area contributed by atoms with Gasteiger partial charge in [-0.3, -0.25) is 9.69 Å². The number of likely N-dealkylation sites (N-methyl/N-ethyl adjacent to an activating group) is 1. The van der Waals surface area contributed by atoms with Crippen LogP contribution < -0.4 is 10.1 Å². The number of benzene rings is 2. The zero-order valence-electron chi connectivity index (χ0n) is 16.2. The van der Waals surface area contributed by atoms with Gasteiger partial charge in [-0.1, -0.05) is 56.0 Å². The molecule has 1 N–H and O–H groups in total. The van der Waals surface area contributed by atoms with E-state index in [-0.39, 0.29) is 5.91 Å². The minimum absolute atomic E-state index is 0.0414. The van der Waals surface area contributed by atoms with Crippen molar-refractivity contribution in [1.29, 1.82) is 0 Å². The molecule has 1 aliphatic rings. The van der Waals surface area contributed by atoms with E-state index in [0.29, 0.717) is 19.2 Å². The summed E-state index contributed by atoms with van der Waals surface area (Å²) in [5.41, 5.74) is 1.94. The van der Waals surface area contributed by atoms with Gasteiger partial charge in [0.1, 0.15) is 12.4 Å². The fourth-order valence-corrected chi connectivity index (χ4v) is 3.63. The molecule has 0 radical (unpaired) electrons. The lowest BCUT2D eigenvalue weighted by Crippen LogP contribution is -2.37. The minimum Gasteiger partial charge on any atom is -0.489 e. The van der Waals surface area contributed by atoms with Crippen LogP contribution in [0.25, 0.3) is 0 Å². The number of carbonyl (C=O) groups excluding carboxylic acids is 1. The summed E-state index contributed by atoms with van der Waals surface area (Å²) in [7, 11) is 2.07. The lowest BCUT2D eigenvalue weighted by molar-refractivity contribution is -0.117. The Hall–Kier alpha value is -2.33. The van der Waals surface area contributed by atoms with Crippen LogP contribution in [0.5, 0.6) is 5.75 Å². The van der Waals surface area contributed by atoms with Crippen molar-refractivity contribution in [2.75, 3.05) is 18.9 Å². The summed E-state index contributed by atoms with van der Waals surface area (Å²) in [6.07, 6.45) is 7.63. The van der Waals surface area contributed by atoms with E-state index in [2.05, 4.69) is 17.3 Å². The van der Waals surface area contributed by atoms with Crippen LogP contribution in [-0.2, 0) is 11.4 Å². The van der Waals surface area contributed by atoms with Crippen molar-refractivity contribution in [3.05, 3.63) is 60.2 Å². The molecule has 0 aromatic heterocycles. The van der Waals surface area contributed by atoms with E-state index in [4.69, 9.17) is 4.74 Å². The van der Waals surface area contributed by atoms with Gasteiger partial charge in [-0.05, 0) is 49.7 Å². The van der Waals surface area contributed by atoms with Crippen molar-refractivity contribution < 1.29 is 9.53 Å². The van der Waals surface area contributed by atoms with Gasteiger partial charge in [0.25, 0.3) is 0 Å². The Morgan fingerprint density at radius 3 is 2.33 bits per heavy atom. The predicted molar refractivity (Wildman–Crippen MR) is 110 cm³/mol. The van der Waals surface area contributed by atoms with Crippen molar-refractivity contribution >= 4 is 11.6 Å². The second kappa shape index (κ2) is 10.1. The molecule has 144 valence electrons. The molecule has 4 nitrogen and oxygen atoms in total. The van der Waals surface area contributed by atoms with Gasteiger partial charge in [0, 0.05) is 11.7 Å². The normalized spacial score (nSPS) is 15.3. The minimum atomic E-state index is 0.0414. The number of ether oxygens (including phenoxy) is 1. The number of carbonyl (C=O) groups is 1. The third-order valence-corrected chi connectivity index (χ3v) is 5.23. The van der Waals surface area contributed by atoms with Crippen LogP contribution in [0.1, 0.15) is 44.1 Å². The summed E-state index contributed by atoms with van der Waals surface area (Å²) in [4.78, 5) is 14.6. The first kappa shape index (κ1) is 19.4. The number of hydrogen-bond donors (Lipinski definition) is 1. The van der Waals surface area contributed by atoms with E-state index in [1.165, 1.54) is 38.5 Å². The lowest BCUT2D eigenvalue weighted by atomic mass is 10.1. The Morgan fingerprint density at radius 1 is 1.00 bits per heavy atom. The third kappa shape index (κ3) is 6.40. The number of nitrogens with zero attached hydrogens (tertiary/aromatic N) is 1. The molecular formula is C23H30N2O2. The van der Waals surface area contributed by atoms with Crippen molar-refractivity contribution in [2.24, 2.45) is 0 Å². The van der Waals surface area contributed by atoms with Crippen LogP contribution in [0.3, 0.4) is 0 Å². The van der Waals surface area contributed by atoms with Crippen LogP contribution in [0.15, 0.2) is 54.6 Å². The topological polar surface area (TPSA) is 41.6 Å². The van der Waals surface area contributed by atoms with Gasteiger partial charge in [-0.2, -0.15) is 0 Å². The van der Waals surface area contributed by atoms with Gasteiger partial charge < -0.3 is 10.1 Å². The zero-order valence-corrected chi connectivity index (χ0v) is 16.2. The highest BCUT2D eigenvalue weighted by molar-refractivity contribution is 5.92. The van der Waals surface area contributed by atoms with E-state index < -0.39 is 0 Å². The maximum atomic E-state index is 12.4. The van der Waals surface area contributed by atoms with E-state index >= 15 is 0 Å². The monoisotopic (exact) mass is 366 g/mol. The second-order valence-electron chi connectivity index (χ2n) is 7.41. The smallest absolute Gasteiger partial charge is 0.238 e. The van der Waals surface area contributed by atoms with Crippen molar-refractivity contribution in [1.82, 2.24) is 4.90 Å². The molecule has 2 aromatic rings. The molecule has 1 saturated carbocycles. The van der Waals surface area contributed by atoms with Crippen LogP contribution in [0, 0.1) is 0 Å². The van der Waals surface area contributed by atoms with Crippen LogP contribution >= 0.6 is 0 Å². The number of nitrogens with one attached hydrogen (secondary N) is 1. The molecule has 0 spiro atoms. The SMILES string of the molecule is CN(CC(=O)Nc1ccc(OCc2ccccc2)cc1)C1CCCCCC1. The van der Waals surface area contributed by atoms with E-state index in [0.717, 1.165) is 17.0 Å². The molecule has 0 atom stereocenters. The Bertz CT molecular complexity index is 692. The summed E-state index contributed by atoms with van der Waals surface area (Å²) >= 11 is 0. The fraction of sp³-hybridized carbons (Fsp3) is 0.435. The molecule has 1 fully saturated rings. The Balaban J connectivity index is 1.45. The largest absolute Gasteiger partial charge is 0.489 e. The second-order valence-corrected chi connectivity index (χ2v) is 7.41. The number of rotatable bonds is 7. The summed E-state index contributed by atoms with van der Waals surface area (Å²) < 4.78 is 5.79. The third-order valence-electron chi connectivity index (χ3n) is 5.23. The number of amides is 1. The lowest BCUT2D eigenvalue weighted by Gasteiger charge is -2.26. The highest BCUT2D eigenvalue weighted by Gasteiger charge is 2.18. The summed E-state index contributed by atoms with van der Waals surface area (Å²) in [5, 5.41) is 2.99. The average molecular weight is 367 g/mol. The first-order valence-electron chi connectivity index (χ1n) is 9.97. The quantitative estimate of drug-likeness (QED) is 0.712. The summed E-state index contributed by atoms with van der Waals surface area (Å²) in [6.45, 7) is 0.982. The van der Waals surface area contributed by atoms with Crippen molar-refractivity contribution in [3.8, 4) is 5.75 Å². The van der Waals surface area contributed by atoms with Crippen LogP contribution in [0.4, 0.5) is 5.69 Å². The van der Waals surface area contributed by atoms with Gasteiger partial charge in [-0.25, -0.2) is 0 Å². The first-order chi connectivity index (χ1) is 13.2. The Labute approximate surface area is 162 Å². The Kier molecular flexibility index (Phi) is 7.28. The molecule has 0 saturated heterocycles. The van der Waals surface area contributed by atoms with E-state index in [1.807, 2.05) is 54.6 Å². The molecule has 0 unspecified atom stereocenters. The molecule has 1 aliphatic carbocycles. The molecule has 27 heavy (non-hydrogen) atoms. The molecule has 3 rings (SSSR count). The summed E-state index contributed by atoms with van der Waals surface area (Å²) in [6, 6.07) is 18.2. The maximum Gasteiger partial charge on any atom is 0.238 e. The van der Waals surface area contributed by atoms with Gasteiger partial charge in [0.05, 0.1) is 6.54 Å². The van der Waals surface area contributed by atoms with Gasteiger partial charge in [0.2, 0.25) is 5.91 Å². The molecule has 0 heterocycles. The summed E-state index contributed by atoms with van der Waals surface area (Å²) in [5.74, 6) is 0.840. The molecule has 1 amide bonds. The average Bonchev–Trinajstić information content (AvgIpc) is 2.98. The molecule has 4 heteroatoms. The fourth-order valence-electron chi connectivity index (χ4n) is 3.63. The number of anilines is 1. The van der Waals surface area contributed by atoms with Gasteiger partial charge in [0.15, 0.2) is 0 Å². The van der Waals surface area contributed by atoms with Crippen molar-refractivity contribution in [2.45, 2.75) is 51.2 Å². The first-order valence-corrected chi connectivity index (χ1v) is 9.97. The maximum absolute atomic E-state index is 12.4.